The van der Waals surface area contributed by atoms with Gasteiger partial charge in [-0.25, -0.2) is 13.1 Å². The van der Waals surface area contributed by atoms with Gasteiger partial charge in [0.2, 0.25) is 10.0 Å². The fourth-order valence-corrected chi connectivity index (χ4v) is 3.59. The standard InChI is InChI=1S/C20H24N2O2S/c1-4-16-5-7-17(8-6-16)20-10-9-19(13-18(20)14-21)25(23,24)22-12-11-15(2)3/h5-10,13,15,22H,4,11-12H2,1-3H3. The first-order valence-electron chi connectivity index (χ1n) is 8.50. The minimum absolute atomic E-state index is 0.127. The van der Waals surface area contributed by atoms with Crippen LogP contribution in [0.15, 0.2) is 47.4 Å². The number of hydrogen-bond acceptors (Lipinski definition) is 3. The third-order valence-electron chi connectivity index (χ3n) is 4.11. The summed E-state index contributed by atoms with van der Waals surface area (Å²) in [4.78, 5) is 0.127. The number of hydrogen-bond donors (Lipinski definition) is 1. The van der Waals surface area contributed by atoms with E-state index >= 15 is 0 Å². The lowest BCUT2D eigenvalue weighted by Gasteiger charge is -2.11. The lowest BCUT2D eigenvalue weighted by atomic mass is 9.99. The molecular formula is C20H24N2O2S. The number of sulfonamides is 1. The van der Waals surface area contributed by atoms with E-state index in [9.17, 15) is 13.7 Å². The molecule has 0 radical (unpaired) electrons. The molecule has 2 aromatic rings. The molecule has 0 saturated heterocycles. The first-order valence-corrected chi connectivity index (χ1v) is 9.98. The lowest BCUT2D eigenvalue weighted by Crippen LogP contribution is -2.25. The number of rotatable bonds is 7. The summed E-state index contributed by atoms with van der Waals surface area (Å²) in [5.74, 6) is 0.422. The van der Waals surface area contributed by atoms with Crippen LogP contribution in [0.5, 0.6) is 0 Å². The molecule has 0 aromatic heterocycles. The maximum absolute atomic E-state index is 12.4. The second-order valence-electron chi connectivity index (χ2n) is 6.45. The van der Waals surface area contributed by atoms with Gasteiger partial charge >= 0.3 is 0 Å². The molecule has 0 fully saturated rings. The van der Waals surface area contributed by atoms with Crippen LogP contribution in [0, 0.1) is 17.2 Å². The molecule has 0 heterocycles. The Balaban J connectivity index is 2.31. The van der Waals surface area contributed by atoms with Crippen molar-refractivity contribution in [1.82, 2.24) is 4.72 Å². The smallest absolute Gasteiger partial charge is 0.211 e. The molecule has 2 aromatic carbocycles. The van der Waals surface area contributed by atoms with Crippen molar-refractivity contribution in [2.45, 2.75) is 38.5 Å². The molecule has 2 rings (SSSR count). The van der Waals surface area contributed by atoms with Crippen LogP contribution in [-0.4, -0.2) is 15.0 Å². The molecular weight excluding hydrogens is 332 g/mol. The summed E-state index contributed by atoms with van der Waals surface area (Å²) in [7, 11) is -3.60. The number of nitriles is 1. The highest BCUT2D eigenvalue weighted by molar-refractivity contribution is 7.89. The number of nitrogens with one attached hydrogen (secondary N) is 1. The van der Waals surface area contributed by atoms with Crippen molar-refractivity contribution >= 4 is 10.0 Å². The predicted octanol–water partition coefficient (Wildman–Crippen LogP) is 4.11. The largest absolute Gasteiger partial charge is 0.240 e. The van der Waals surface area contributed by atoms with Gasteiger partial charge in [0.1, 0.15) is 0 Å². The fraction of sp³-hybridized carbons (Fsp3) is 0.350. The normalized spacial score (nSPS) is 11.5. The molecule has 4 nitrogen and oxygen atoms in total. The Morgan fingerprint density at radius 1 is 1.12 bits per heavy atom. The van der Waals surface area contributed by atoms with Crippen LogP contribution in [-0.2, 0) is 16.4 Å². The fourth-order valence-electron chi connectivity index (χ4n) is 2.52. The topological polar surface area (TPSA) is 70.0 Å². The molecule has 0 spiro atoms. The number of aryl methyl sites for hydroxylation is 1. The van der Waals surface area contributed by atoms with Crippen molar-refractivity contribution in [3.8, 4) is 17.2 Å². The molecule has 25 heavy (non-hydrogen) atoms. The van der Waals surface area contributed by atoms with E-state index < -0.39 is 10.0 Å². The van der Waals surface area contributed by atoms with Gasteiger partial charge in [-0.2, -0.15) is 5.26 Å². The van der Waals surface area contributed by atoms with Crippen LogP contribution in [0.3, 0.4) is 0 Å². The highest BCUT2D eigenvalue weighted by atomic mass is 32.2. The minimum Gasteiger partial charge on any atom is -0.211 e. The van der Waals surface area contributed by atoms with Gasteiger partial charge < -0.3 is 0 Å². The average molecular weight is 356 g/mol. The van der Waals surface area contributed by atoms with E-state index in [0.717, 1.165) is 24.0 Å². The monoisotopic (exact) mass is 356 g/mol. The third kappa shape index (κ3) is 4.91. The van der Waals surface area contributed by atoms with Gasteiger partial charge in [0.25, 0.3) is 0 Å². The zero-order valence-electron chi connectivity index (χ0n) is 14.9. The molecule has 0 saturated carbocycles. The van der Waals surface area contributed by atoms with E-state index in [4.69, 9.17) is 0 Å². The molecule has 5 heteroatoms. The van der Waals surface area contributed by atoms with Crippen LogP contribution >= 0.6 is 0 Å². The Morgan fingerprint density at radius 3 is 2.36 bits per heavy atom. The van der Waals surface area contributed by atoms with Crippen LogP contribution in [0.25, 0.3) is 11.1 Å². The molecule has 0 aliphatic carbocycles. The Morgan fingerprint density at radius 2 is 1.80 bits per heavy atom. The van der Waals surface area contributed by atoms with Crippen LogP contribution in [0.4, 0.5) is 0 Å². The first-order chi connectivity index (χ1) is 11.9. The Bertz CT molecular complexity index is 864. The minimum atomic E-state index is -3.60. The number of benzene rings is 2. The van der Waals surface area contributed by atoms with Gasteiger partial charge in [-0.3, -0.25) is 0 Å². The Kier molecular flexibility index (Phi) is 6.35. The van der Waals surface area contributed by atoms with Crippen LogP contribution < -0.4 is 4.72 Å². The summed E-state index contributed by atoms with van der Waals surface area (Å²) in [6.45, 7) is 6.56. The van der Waals surface area contributed by atoms with Crippen LogP contribution in [0.1, 0.15) is 38.3 Å². The first kappa shape index (κ1) is 19.2. The molecule has 0 amide bonds. The quantitative estimate of drug-likeness (QED) is 0.811. The molecule has 0 aliphatic rings. The van der Waals surface area contributed by atoms with Gasteiger partial charge in [-0.05, 0) is 47.6 Å². The zero-order valence-corrected chi connectivity index (χ0v) is 15.7. The molecule has 132 valence electrons. The van der Waals surface area contributed by atoms with Crippen molar-refractivity contribution in [3.05, 3.63) is 53.6 Å². The molecule has 0 atom stereocenters. The second kappa shape index (κ2) is 8.28. The predicted molar refractivity (Wildman–Crippen MR) is 101 cm³/mol. The van der Waals surface area contributed by atoms with Gasteiger partial charge in [0.15, 0.2) is 0 Å². The molecule has 0 unspecified atom stereocenters. The maximum Gasteiger partial charge on any atom is 0.240 e. The number of nitrogens with zero attached hydrogens (tertiary/aromatic N) is 1. The van der Waals surface area contributed by atoms with E-state index in [0.29, 0.717) is 18.0 Å². The maximum atomic E-state index is 12.4. The third-order valence-corrected chi connectivity index (χ3v) is 5.57. The zero-order chi connectivity index (χ0) is 18.4. The van der Waals surface area contributed by atoms with Crippen molar-refractivity contribution in [3.63, 3.8) is 0 Å². The molecule has 0 bridgehead atoms. The summed E-state index contributed by atoms with van der Waals surface area (Å²) in [5, 5.41) is 9.45. The SMILES string of the molecule is CCc1ccc(-c2ccc(S(=O)(=O)NCCC(C)C)cc2C#N)cc1. The second-order valence-corrected chi connectivity index (χ2v) is 8.22. The summed E-state index contributed by atoms with van der Waals surface area (Å²) < 4.78 is 27.4. The molecule has 0 aliphatic heterocycles. The summed E-state index contributed by atoms with van der Waals surface area (Å²) in [6, 6.07) is 14.8. The van der Waals surface area contributed by atoms with Crippen molar-refractivity contribution in [2.24, 2.45) is 5.92 Å². The lowest BCUT2D eigenvalue weighted by molar-refractivity contribution is 0.551. The Hall–Kier alpha value is -2.16. The van der Waals surface area contributed by atoms with Crippen LogP contribution in [0.2, 0.25) is 0 Å². The summed E-state index contributed by atoms with van der Waals surface area (Å²) in [6.07, 6.45) is 1.72. The van der Waals surface area contributed by atoms with E-state index in [1.807, 2.05) is 38.1 Å². The van der Waals surface area contributed by atoms with Crippen molar-refractivity contribution in [1.29, 1.82) is 5.26 Å². The summed E-state index contributed by atoms with van der Waals surface area (Å²) in [5.41, 5.74) is 3.23. The van der Waals surface area contributed by atoms with E-state index in [2.05, 4.69) is 17.7 Å². The highest BCUT2D eigenvalue weighted by Gasteiger charge is 2.16. The van der Waals surface area contributed by atoms with Gasteiger partial charge in [-0.1, -0.05) is 51.1 Å². The van der Waals surface area contributed by atoms with Crippen molar-refractivity contribution in [2.75, 3.05) is 6.54 Å². The highest BCUT2D eigenvalue weighted by Crippen LogP contribution is 2.26. The van der Waals surface area contributed by atoms with E-state index in [1.54, 1.807) is 12.1 Å². The van der Waals surface area contributed by atoms with E-state index in [1.165, 1.54) is 11.6 Å². The average Bonchev–Trinajstić information content (AvgIpc) is 2.60. The van der Waals surface area contributed by atoms with Gasteiger partial charge in [0, 0.05) is 6.54 Å². The summed E-state index contributed by atoms with van der Waals surface area (Å²) >= 11 is 0. The molecule has 1 N–H and O–H groups in total. The van der Waals surface area contributed by atoms with Crippen molar-refractivity contribution < 1.29 is 8.42 Å². The van der Waals surface area contributed by atoms with Gasteiger partial charge in [-0.15, -0.1) is 0 Å². The van der Waals surface area contributed by atoms with Gasteiger partial charge in [0.05, 0.1) is 16.5 Å². The Labute approximate surface area is 150 Å². The van der Waals surface area contributed by atoms with E-state index in [-0.39, 0.29) is 4.90 Å².